The topological polar surface area (TPSA) is 86.8 Å². The lowest BCUT2D eigenvalue weighted by Crippen LogP contribution is -2.51. The quantitative estimate of drug-likeness (QED) is 0.357. The van der Waals surface area contributed by atoms with Crippen molar-refractivity contribution < 1.29 is 18.0 Å². The lowest BCUT2D eigenvalue weighted by atomic mass is 10.1. The molecule has 38 heavy (non-hydrogen) atoms. The zero-order valence-electron chi connectivity index (χ0n) is 22.1. The predicted molar refractivity (Wildman–Crippen MR) is 152 cm³/mol. The van der Waals surface area contributed by atoms with Gasteiger partial charge in [-0.05, 0) is 62.6 Å². The van der Waals surface area contributed by atoms with Gasteiger partial charge in [-0.2, -0.15) is 0 Å². The summed E-state index contributed by atoms with van der Waals surface area (Å²) >= 11 is 6.39. The Morgan fingerprint density at radius 3 is 2.26 bits per heavy atom. The molecule has 0 bridgehead atoms. The van der Waals surface area contributed by atoms with Crippen LogP contribution in [0.1, 0.15) is 37.0 Å². The van der Waals surface area contributed by atoms with Crippen LogP contribution >= 0.6 is 11.6 Å². The zero-order chi connectivity index (χ0) is 27.9. The maximum absolute atomic E-state index is 13.9. The molecule has 0 saturated heterocycles. The molecule has 2 amide bonds. The summed E-state index contributed by atoms with van der Waals surface area (Å²) in [7, 11) is -4.10. The van der Waals surface area contributed by atoms with Crippen LogP contribution in [0.25, 0.3) is 0 Å². The molecule has 0 aliphatic heterocycles. The van der Waals surface area contributed by atoms with Crippen molar-refractivity contribution in [2.45, 2.75) is 51.6 Å². The number of halogens is 1. The summed E-state index contributed by atoms with van der Waals surface area (Å²) in [4.78, 5) is 28.3. The maximum Gasteiger partial charge on any atom is 0.264 e. The van der Waals surface area contributed by atoms with Gasteiger partial charge in [-0.25, -0.2) is 8.42 Å². The number of hydrogen-bond acceptors (Lipinski definition) is 4. The van der Waals surface area contributed by atoms with Crippen LogP contribution < -0.4 is 9.62 Å². The highest BCUT2D eigenvalue weighted by Crippen LogP contribution is 2.28. The summed E-state index contributed by atoms with van der Waals surface area (Å²) in [5.74, 6) is -0.847. The van der Waals surface area contributed by atoms with E-state index in [9.17, 15) is 18.0 Å². The van der Waals surface area contributed by atoms with Gasteiger partial charge in [-0.15, -0.1) is 0 Å². The van der Waals surface area contributed by atoms with Gasteiger partial charge in [0.2, 0.25) is 11.8 Å². The fourth-order valence-corrected chi connectivity index (χ4v) is 5.80. The standard InChI is InChI=1S/C29H34ClN3O4S/c1-5-17-31-29(35)23(4)32(19-24-11-9-10-14-26(24)30)28(34)20-33(27-16-15-21(2)18-22(27)3)38(36,37)25-12-7-6-8-13-25/h6-16,18,23H,5,17,19-20H2,1-4H3,(H,31,35)/t23-/m0/s1. The molecule has 202 valence electrons. The number of rotatable bonds is 11. The van der Waals surface area contributed by atoms with E-state index in [0.29, 0.717) is 28.4 Å². The average molecular weight is 556 g/mol. The smallest absolute Gasteiger partial charge is 0.264 e. The van der Waals surface area contributed by atoms with Crippen molar-refractivity contribution in [1.29, 1.82) is 0 Å². The highest BCUT2D eigenvalue weighted by molar-refractivity contribution is 7.92. The fourth-order valence-electron chi connectivity index (χ4n) is 4.11. The summed E-state index contributed by atoms with van der Waals surface area (Å²) in [6.07, 6.45) is 0.743. The summed E-state index contributed by atoms with van der Waals surface area (Å²) in [5.41, 5.74) is 2.73. The molecule has 1 N–H and O–H groups in total. The van der Waals surface area contributed by atoms with Crippen molar-refractivity contribution in [3.05, 3.63) is 94.5 Å². The monoisotopic (exact) mass is 555 g/mol. The minimum atomic E-state index is -4.10. The van der Waals surface area contributed by atoms with E-state index in [1.807, 2.05) is 32.9 Å². The Balaban J connectivity index is 2.05. The molecule has 0 spiro atoms. The Bertz CT molecular complexity index is 1380. The summed E-state index contributed by atoms with van der Waals surface area (Å²) in [5, 5.41) is 3.28. The molecule has 0 fully saturated rings. The highest BCUT2D eigenvalue weighted by atomic mass is 35.5. The lowest BCUT2D eigenvalue weighted by Gasteiger charge is -2.32. The first-order chi connectivity index (χ1) is 18.1. The second-order valence-electron chi connectivity index (χ2n) is 9.19. The molecule has 0 heterocycles. The van der Waals surface area contributed by atoms with Crippen LogP contribution in [0.4, 0.5) is 5.69 Å². The largest absolute Gasteiger partial charge is 0.354 e. The molecule has 0 unspecified atom stereocenters. The first-order valence-corrected chi connectivity index (χ1v) is 14.3. The minimum Gasteiger partial charge on any atom is -0.354 e. The number of nitrogens with zero attached hydrogens (tertiary/aromatic N) is 2. The number of amides is 2. The van der Waals surface area contributed by atoms with Crippen molar-refractivity contribution in [2.24, 2.45) is 0 Å². The summed E-state index contributed by atoms with van der Waals surface area (Å²) in [6.45, 7) is 7.32. The van der Waals surface area contributed by atoms with E-state index in [1.54, 1.807) is 55.5 Å². The number of aryl methyl sites for hydroxylation is 2. The van der Waals surface area contributed by atoms with Crippen molar-refractivity contribution in [3.8, 4) is 0 Å². The van der Waals surface area contributed by atoms with E-state index in [0.717, 1.165) is 16.3 Å². The molecule has 3 aromatic carbocycles. The average Bonchev–Trinajstić information content (AvgIpc) is 2.90. The molecule has 0 aliphatic carbocycles. The van der Waals surface area contributed by atoms with E-state index in [2.05, 4.69) is 5.32 Å². The number of carbonyl (C=O) groups excluding carboxylic acids is 2. The lowest BCUT2D eigenvalue weighted by molar-refractivity contribution is -0.139. The molecular weight excluding hydrogens is 522 g/mol. The second-order valence-corrected chi connectivity index (χ2v) is 11.5. The molecule has 9 heteroatoms. The van der Waals surface area contributed by atoms with Crippen molar-refractivity contribution in [1.82, 2.24) is 10.2 Å². The number of benzene rings is 3. The number of hydrogen-bond donors (Lipinski definition) is 1. The number of sulfonamides is 1. The summed E-state index contributed by atoms with van der Waals surface area (Å²) in [6, 6.07) is 19.6. The zero-order valence-corrected chi connectivity index (χ0v) is 23.7. The molecule has 0 radical (unpaired) electrons. The van der Waals surface area contributed by atoms with Gasteiger partial charge in [0, 0.05) is 18.1 Å². The van der Waals surface area contributed by atoms with Crippen LogP contribution in [0.2, 0.25) is 5.02 Å². The van der Waals surface area contributed by atoms with Crippen LogP contribution in [0, 0.1) is 13.8 Å². The highest BCUT2D eigenvalue weighted by Gasteiger charge is 2.33. The molecule has 1 atom stereocenters. The third kappa shape index (κ3) is 6.94. The molecule has 7 nitrogen and oxygen atoms in total. The molecular formula is C29H34ClN3O4S. The van der Waals surface area contributed by atoms with Crippen molar-refractivity contribution >= 4 is 39.1 Å². The minimum absolute atomic E-state index is 0.0469. The van der Waals surface area contributed by atoms with Gasteiger partial charge in [-0.3, -0.25) is 13.9 Å². The Morgan fingerprint density at radius 2 is 1.63 bits per heavy atom. The normalized spacial score (nSPS) is 12.0. The Kier molecular flexibility index (Phi) is 9.94. The molecule has 0 aliphatic rings. The number of carbonyl (C=O) groups is 2. The molecule has 0 saturated carbocycles. The van der Waals surface area contributed by atoms with Crippen LogP contribution in [0.5, 0.6) is 0 Å². The molecule has 3 aromatic rings. The van der Waals surface area contributed by atoms with Crippen LogP contribution in [0.3, 0.4) is 0 Å². The van der Waals surface area contributed by atoms with Crippen LogP contribution in [0.15, 0.2) is 77.7 Å². The summed E-state index contributed by atoms with van der Waals surface area (Å²) < 4.78 is 28.8. The Morgan fingerprint density at radius 1 is 0.974 bits per heavy atom. The van der Waals surface area contributed by atoms with Gasteiger partial charge < -0.3 is 10.2 Å². The van der Waals surface area contributed by atoms with Gasteiger partial charge in [-0.1, -0.05) is 72.6 Å². The third-order valence-corrected chi connectivity index (χ3v) is 8.39. The fraction of sp³-hybridized carbons (Fsp3) is 0.310. The molecule has 0 aromatic heterocycles. The van der Waals surface area contributed by atoms with Gasteiger partial charge in [0.15, 0.2) is 0 Å². The van der Waals surface area contributed by atoms with Crippen LogP contribution in [-0.4, -0.2) is 44.3 Å². The van der Waals surface area contributed by atoms with Gasteiger partial charge in [0.05, 0.1) is 10.6 Å². The van der Waals surface area contributed by atoms with Gasteiger partial charge >= 0.3 is 0 Å². The Labute approximate surface area is 230 Å². The Hall–Kier alpha value is -3.36. The van der Waals surface area contributed by atoms with Gasteiger partial charge in [0.25, 0.3) is 10.0 Å². The SMILES string of the molecule is CCCNC(=O)[C@H](C)N(Cc1ccccc1Cl)C(=O)CN(c1ccc(C)cc1C)S(=O)(=O)c1ccccc1. The van der Waals surface area contributed by atoms with E-state index < -0.39 is 28.5 Å². The van der Waals surface area contributed by atoms with E-state index >= 15 is 0 Å². The van der Waals surface area contributed by atoms with Crippen molar-refractivity contribution in [2.75, 3.05) is 17.4 Å². The predicted octanol–water partition coefficient (Wildman–Crippen LogP) is 5.10. The second kappa shape index (κ2) is 12.9. The van der Waals surface area contributed by atoms with E-state index in [-0.39, 0.29) is 17.3 Å². The maximum atomic E-state index is 13.9. The number of nitrogens with one attached hydrogen (secondary N) is 1. The third-order valence-electron chi connectivity index (χ3n) is 6.25. The molecule has 3 rings (SSSR count). The van der Waals surface area contributed by atoms with E-state index in [4.69, 9.17) is 11.6 Å². The van der Waals surface area contributed by atoms with Crippen LogP contribution in [-0.2, 0) is 26.2 Å². The first kappa shape index (κ1) is 29.2. The van der Waals surface area contributed by atoms with Gasteiger partial charge in [0.1, 0.15) is 12.6 Å². The van der Waals surface area contributed by atoms with Crippen molar-refractivity contribution in [3.63, 3.8) is 0 Å². The number of anilines is 1. The first-order valence-electron chi connectivity index (χ1n) is 12.5. The van der Waals surface area contributed by atoms with E-state index in [1.165, 1.54) is 17.0 Å².